The van der Waals surface area contributed by atoms with Crippen LogP contribution in [-0.2, 0) is 0 Å². The molecule has 7 heteroatoms. The van der Waals surface area contributed by atoms with Crippen LogP contribution in [0.1, 0.15) is 50.4 Å². The van der Waals surface area contributed by atoms with E-state index in [2.05, 4.69) is 27.1 Å². The molecule has 4 rings (SSSR count). The van der Waals surface area contributed by atoms with Crippen LogP contribution in [0.25, 0.3) is 11.0 Å². The second-order valence-corrected chi connectivity index (χ2v) is 8.80. The lowest BCUT2D eigenvalue weighted by Gasteiger charge is -2.42. The van der Waals surface area contributed by atoms with Crippen molar-refractivity contribution in [3.8, 4) is 0 Å². The molecule has 2 aromatic rings. The first-order chi connectivity index (χ1) is 12.7. The molecule has 0 unspecified atom stereocenters. The number of carbonyl (C=O) groups is 1. The van der Waals surface area contributed by atoms with Gasteiger partial charge in [0.05, 0.1) is 16.2 Å². The van der Waals surface area contributed by atoms with E-state index in [0.29, 0.717) is 22.3 Å². The molecule has 1 atom stereocenters. The maximum Gasteiger partial charge on any atom is 0.253 e. The highest BCUT2D eigenvalue weighted by atomic mass is 35.5. The highest BCUT2D eigenvalue weighted by molar-refractivity contribution is 6.33. The molecule has 6 nitrogen and oxygen atoms in total. The van der Waals surface area contributed by atoms with Gasteiger partial charge in [-0.1, -0.05) is 11.6 Å². The lowest BCUT2D eigenvalue weighted by Crippen LogP contribution is -2.50. The Hall–Kier alpha value is -1.92. The second kappa shape index (κ2) is 6.60. The summed E-state index contributed by atoms with van der Waals surface area (Å²) in [4.78, 5) is 23.7. The Kier molecular flexibility index (Phi) is 4.51. The standard InChI is InChI=1S/C20H25ClN4O2/c1-11-4-5-25(11)18-16(21)7-12-6-13(10-22-17(12)24-18)19(26)23-15-8-14(9-15)20(2,3)27/h6-7,10-11,14-15,27H,4-5,8-9H2,1-3H3,(H,23,26)/t11-,14-,15-/m0/s1. The molecule has 0 aromatic carbocycles. The average Bonchev–Trinajstić information content (AvgIpc) is 2.55. The zero-order valence-electron chi connectivity index (χ0n) is 15.9. The Morgan fingerprint density at radius 1 is 1.37 bits per heavy atom. The number of hydrogen-bond acceptors (Lipinski definition) is 5. The summed E-state index contributed by atoms with van der Waals surface area (Å²) in [6.45, 7) is 6.73. The fourth-order valence-electron chi connectivity index (χ4n) is 3.77. The van der Waals surface area contributed by atoms with Crippen molar-refractivity contribution in [1.29, 1.82) is 0 Å². The van der Waals surface area contributed by atoms with Crippen LogP contribution in [0, 0.1) is 5.92 Å². The molecular weight excluding hydrogens is 364 g/mol. The molecule has 1 aliphatic carbocycles. The molecule has 1 saturated carbocycles. The molecule has 3 heterocycles. The average molecular weight is 389 g/mol. The number of rotatable bonds is 4. The summed E-state index contributed by atoms with van der Waals surface area (Å²) in [5.41, 5.74) is 0.396. The predicted octanol–water partition coefficient (Wildman–Crippen LogP) is 3.16. The van der Waals surface area contributed by atoms with Gasteiger partial charge in [-0.25, -0.2) is 9.97 Å². The molecule has 1 amide bonds. The zero-order valence-corrected chi connectivity index (χ0v) is 16.6. The molecular formula is C20H25ClN4O2. The summed E-state index contributed by atoms with van der Waals surface area (Å²) in [5, 5.41) is 14.4. The van der Waals surface area contributed by atoms with E-state index in [1.54, 1.807) is 12.3 Å². The summed E-state index contributed by atoms with van der Waals surface area (Å²) in [5.74, 6) is 0.836. The topological polar surface area (TPSA) is 78.4 Å². The summed E-state index contributed by atoms with van der Waals surface area (Å²) in [6.07, 6.45) is 4.29. The van der Waals surface area contributed by atoms with E-state index < -0.39 is 5.60 Å². The Labute approximate surface area is 163 Å². The number of carbonyl (C=O) groups excluding carboxylic acids is 1. The van der Waals surface area contributed by atoms with Crippen LogP contribution in [0.4, 0.5) is 5.82 Å². The van der Waals surface area contributed by atoms with Gasteiger partial charge in [-0.3, -0.25) is 4.79 Å². The summed E-state index contributed by atoms with van der Waals surface area (Å²) in [7, 11) is 0. The van der Waals surface area contributed by atoms with Gasteiger partial charge in [0.1, 0.15) is 5.82 Å². The maximum absolute atomic E-state index is 12.5. The Morgan fingerprint density at radius 2 is 2.11 bits per heavy atom. The van der Waals surface area contributed by atoms with Crippen molar-refractivity contribution in [1.82, 2.24) is 15.3 Å². The van der Waals surface area contributed by atoms with Crippen molar-refractivity contribution in [2.45, 2.75) is 57.7 Å². The van der Waals surface area contributed by atoms with E-state index in [9.17, 15) is 9.90 Å². The third-order valence-corrected chi connectivity index (χ3v) is 6.21. The molecule has 0 bridgehead atoms. The minimum absolute atomic E-state index is 0.0987. The quantitative estimate of drug-likeness (QED) is 0.841. The molecule has 2 N–H and O–H groups in total. The molecule has 2 aliphatic rings. The SMILES string of the molecule is C[C@H]1CCN1c1nc2ncc(C(=O)N[C@H]3C[C@H](C(C)(C)O)C3)cc2cc1Cl. The molecule has 0 spiro atoms. The number of fused-ring (bicyclic) bond motifs is 1. The van der Waals surface area contributed by atoms with Crippen LogP contribution in [0.2, 0.25) is 5.02 Å². The van der Waals surface area contributed by atoms with Crippen molar-refractivity contribution < 1.29 is 9.90 Å². The zero-order chi connectivity index (χ0) is 19.3. The monoisotopic (exact) mass is 388 g/mol. The third kappa shape index (κ3) is 3.48. The van der Waals surface area contributed by atoms with Crippen molar-refractivity contribution in [3.63, 3.8) is 0 Å². The van der Waals surface area contributed by atoms with Crippen molar-refractivity contribution in [2.24, 2.45) is 5.92 Å². The Bertz CT molecular complexity index is 889. The minimum atomic E-state index is -0.695. The minimum Gasteiger partial charge on any atom is -0.390 e. The van der Waals surface area contributed by atoms with E-state index in [4.69, 9.17) is 11.6 Å². The largest absolute Gasteiger partial charge is 0.390 e. The van der Waals surface area contributed by atoms with Crippen LogP contribution >= 0.6 is 11.6 Å². The number of anilines is 1. The Morgan fingerprint density at radius 3 is 2.70 bits per heavy atom. The number of amides is 1. The number of hydrogen-bond donors (Lipinski definition) is 2. The van der Waals surface area contributed by atoms with E-state index in [-0.39, 0.29) is 17.9 Å². The van der Waals surface area contributed by atoms with Crippen LogP contribution in [-0.4, -0.2) is 45.2 Å². The van der Waals surface area contributed by atoms with Crippen LogP contribution in [0.5, 0.6) is 0 Å². The molecule has 1 aliphatic heterocycles. The number of nitrogens with zero attached hydrogens (tertiary/aromatic N) is 3. The van der Waals surface area contributed by atoms with E-state index >= 15 is 0 Å². The van der Waals surface area contributed by atoms with Gasteiger partial charge in [-0.05, 0) is 58.1 Å². The van der Waals surface area contributed by atoms with Crippen LogP contribution in [0.15, 0.2) is 18.3 Å². The molecule has 1 saturated heterocycles. The third-order valence-electron chi connectivity index (χ3n) is 5.93. The van der Waals surface area contributed by atoms with Gasteiger partial charge >= 0.3 is 0 Å². The number of nitrogens with one attached hydrogen (secondary N) is 1. The van der Waals surface area contributed by atoms with E-state index in [1.165, 1.54) is 0 Å². The molecule has 2 aromatic heterocycles. The number of aromatic nitrogens is 2. The maximum atomic E-state index is 12.5. The van der Waals surface area contributed by atoms with Gasteiger partial charge in [0.2, 0.25) is 0 Å². The van der Waals surface area contributed by atoms with Crippen molar-refractivity contribution in [3.05, 3.63) is 28.9 Å². The summed E-state index contributed by atoms with van der Waals surface area (Å²) >= 11 is 6.43. The molecule has 27 heavy (non-hydrogen) atoms. The highest BCUT2D eigenvalue weighted by Gasteiger charge is 2.39. The first kappa shape index (κ1) is 18.4. The predicted molar refractivity (Wildman–Crippen MR) is 106 cm³/mol. The number of aliphatic hydroxyl groups is 1. The van der Waals surface area contributed by atoms with Gasteiger partial charge in [0.15, 0.2) is 5.65 Å². The summed E-state index contributed by atoms with van der Waals surface area (Å²) in [6, 6.07) is 4.16. The van der Waals surface area contributed by atoms with Gasteiger partial charge < -0.3 is 15.3 Å². The summed E-state index contributed by atoms with van der Waals surface area (Å²) < 4.78 is 0. The van der Waals surface area contributed by atoms with Crippen LogP contribution in [0.3, 0.4) is 0 Å². The van der Waals surface area contributed by atoms with Crippen molar-refractivity contribution in [2.75, 3.05) is 11.4 Å². The molecule has 0 radical (unpaired) electrons. The van der Waals surface area contributed by atoms with Crippen LogP contribution < -0.4 is 10.2 Å². The van der Waals surface area contributed by atoms with E-state index in [0.717, 1.165) is 37.0 Å². The number of halogens is 1. The lowest BCUT2D eigenvalue weighted by atomic mass is 9.71. The number of pyridine rings is 2. The molecule has 2 fully saturated rings. The first-order valence-electron chi connectivity index (χ1n) is 9.48. The van der Waals surface area contributed by atoms with Gasteiger partial charge in [0, 0.05) is 30.2 Å². The second-order valence-electron chi connectivity index (χ2n) is 8.39. The first-order valence-corrected chi connectivity index (χ1v) is 9.86. The Balaban J connectivity index is 1.48. The normalized spacial score (nSPS) is 25.1. The van der Waals surface area contributed by atoms with Gasteiger partial charge in [-0.2, -0.15) is 0 Å². The molecule has 144 valence electrons. The lowest BCUT2D eigenvalue weighted by molar-refractivity contribution is -0.0309. The van der Waals surface area contributed by atoms with Gasteiger partial charge in [-0.15, -0.1) is 0 Å². The smallest absolute Gasteiger partial charge is 0.253 e. The highest BCUT2D eigenvalue weighted by Crippen LogP contribution is 2.36. The van der Waals surface area contributed by atoms with E-state index in [1.807, 2.05) is 19.9 Å². The fourth-order valence-corrected chi connectivity index (χ4v) is 4.04. The van der Waals surface area contributed by atoms with Crippen molar-refractivity contribution >= 4 is 34.4 Å². The fraction of sp³-hybridized carbons (Fsp3) is 0.550. The van der Waals surface area contributed by atoms with Gasteiger partial charge in [0.25, 0.3) is 5.91 Å².